The van der Waals surface area contributed by atoms with Crippen molar-refractivity contribution in [1.29, 1.82) is 0 Å². The molecule has 2 aromatic carbocycles. The fraction of sp³-hybridized carbons (Fsp3) is 0.350. The van der Waals surface area contributed by atoms with Gasteiger partial charge in [0.15, 0.2) is 6.61 Å². The summed E-state index contributed by atoms with van der Waals surface area (Å²) in [5.41, 5.74) is 2.01. The van der Waals surface area contributed by atoms with Gasteiger partial charge in [-0.15, -0.1) is 0 Å². The van der Waals surface area contributed by atoms with Crippen LogP contribution < -0.4 is 20.3 Å². The third kappa shape index (κ3) is 4.23. The average molecular weight is 409 g/mol. The van der Waals surface area contributed by atoms with Gasteiger partial charge in [0.2, 0.25) is 0 Å². The molecule has 154 valence electrons. The second kappa shape index (κ2) is 7.46. The SMILES string of the molecule is O=C1COc2cc(Nc3ccc(N4CCC(C(F)(F)F)CC4)c(F)c3)ccc2N1. The zero-order chi connectivity index (χ0) is 20.6. The molecule has 0 atom stereocenters. The highest BCUT2D eigenvalue weighted by Crippen LogP contribution is 2.37. The summed E-state index contributed by atoms with van der Waals surface area (Å²) in [6.45, 7) is 0.272. The number of benzene rings is 2. The molecule has 2 heterocycles. The lowest BCUT2D eigenvalue weighted by Crippen LogP contribution is -2.39. The Morgan fingerprint density at radius 3 is 2.45 bits per heavy atom. The number of hydrogen-bond acceptors (Lipinski definition) is 4. The molecule has 1 fully saturated rings. The molecule has 1 saturated heterocycles. The molecular weight excluding hydrogens is 390 g/mol. The first-order chi connectivity index (χ1) is 13.8. The van der Waals surface area contributed by atoms with Crippen LogP contribution in [0.4, 0.5) is 40.3 Å². The van der Waals surface area contributed by atoms with E-state index in [9.17, 15) is 22.4 Å². The third-order valence-corrected chi connectivity index (χ3v) is 5.15. The predicted molar refractivity (Wildman–Crippen MR) is 101 cm³/mol. The summed E-state index contributed by atoms with van der Waals surface area (Å²) in [6.07, 6.45) is -4.26. The highest BCUT2D eigenvalue weighted by Gasteiger charge is 2.41. The number of hydrogen-bond donors (Lipinski definition) is 2. The van der Waals surface area contributed by atoms with Crippen LogP contribution in [0.15, 0.2) is 36.4 Å². The predicted octanol–water partition coefficient (Wildman–Crippen LogP) is 4.68. The minimum atomic E-state index is -4.19. The number of alkyl halides is 3. The second-order valence-electron chi connectivity index (χ2n) is 7.14. The largest absolute Gasteiger partial charge is 0.482 e. The molecule has 2 aromatic rings. The van der Waals surface area contributed by atoms with Crippen LogP contribution in [0.2, 0.25) is 0 Å². The maximum absolute atomic E-state index is 14.6. The summed E-state index contributed by atoms with van der Waals surface area (Å²) < 4.78 is 58.4. The van der Waals surface area contributed by atoms with Gasteiger partial charge in [-0.2, -0.15) is 13.2 Å². The number of fused-ring (bicyclic) bond motifs is 1. The highest BCUT2D eigenvalue weighted by molar-refractivity contribution is 5.95. The van der Waals surface area contributed by atoms with Gasteiger partial charge in [-0.3, -0.25) is 4.79 Å². The van der Waals surface area contributed by atoms with Gasteiger partial charge in [0.05, 0.1) is 17.3 Å². The van der Waals surface area contributed by atoms with Crippen molar-refractivity contribution in [2.45, 2.75) is 19.0 Å². The van der Waals surface area contributed by atoms with Crippen molar-refractivity contribution >= 4 is 28.7 Å². The normalized spacial score (nSPS) is 17.4. The average Bonchev–Trinajstić information content (AvgIpc) is 2.68. The summed E-state index contributed by atoms with van der Waals surface area (Å²) in [6, 6.07) is 9.67. The van der Waals surface area contributed by atoms with Gasteiger partial charge in [-0.25, -0.2) is 4.39 Å². The Morgan fingerprint density at radius 1 is 1.07 bits per heavy atom. The monoisotopic (exact) mass is 409 g/mol. The summed E-state index contributed by atoms with van der Waals surface area (Å²) in [5.74, 6) is -1.53. The molecule has 0 saturated carbocycles. The van der Waals surface area contributed by atoms with E-state index in [1.165, 1.54) is 6.07 Å². The molecule has 1 amide bonds. The third-order valence-electron chi connectivity index (χ3n) is 5.15. The van der Waals surface area contributed by atoms with Crippen LogP contribution in [0.3, 0.4) is 0 Å². The van der Waals surface area contributed by atoms with E-state index in [0.29, 0.717) is 28.5 Å². The number of piperidine rings is 1. The van der Waals surface area contributed by atoms with E-state index in [1.807, 2.05) is 0 Å². The summed E-state index contributed by atoms with van der Waals surface area (Å²) in [7, 11) is 0. The fourth-order valence-corrected chi connectivity index (χ4v) is 3.61. The number of rotatable bonds is 3. The van der Waals surface area contributed by atoms with E-state index in [-0.39, 0.29) is 38.4 Å². The minimum absolute atomic E-state index is 0.0331. The molecule has 0 aliphatic carbocycles. The summed E-state index contributed by atoms with van der Waals surface area (Å²) >= 11 is 0. The molecule has 9 heteroatoms. The van der Waals surface area contributed by atoms with Crippen molar-refractivity contribution in [3.8, 4) is 5.75 Å². The standard InChI is InChI=1S/C20H19F4N3O2/c21-15-9-13(25-14-1-3-16-18(10-14)29-11-19(28)26-16)2-4-17(15)27-7-5-12(6-8-27)20(22,23)24/h1-4,9-10,12,25H,5-8,11H2,(H,26,28). The minimum Gasteiger partial charge on any atom is -0.482 e. The molecule has 2 aliphatic rings. The van der Waals surface area contributed by atoms with Crippen molar-refractivity contribution in [1.82, 2.24) is 0 Å². The van der Waals surface area contributed by atoms with Crippen molar-refractivity contribution in [3.05, 3.63) is 42.2 Å². The van der Waals surface area contributed by atoms with Crippen molar-refractivity contribution in [2.75, 3.05) is 35.2 Å². The maximum atomic E-state index is 14.6. The Hall–Kier alpha value is -2.97. The first-order valence-electron chi connectivity index (χ1n) is 9.24. The Morgan fingerprint density at radius 2 is 1.76 bits per heavy atom. The Balaban J connectivity index is 1.44. The van der Waals surface area contributed by atoms with Gasteiger partial charge in [-0.05, 0) is 43.2 Å². The number of nitrogens with one attached hydrogen (secondary N) is 2. The number of anilines is 4. The van der Waals surface area contributed by atoms with Crippen LogP contribution >= 0.6 is 0 Å². The van der Waals surface area contributed by atoms with E-state index >= 15 is 0 Å². The summed E-state index contributed by atoms with van der Waals surface area (Å²) in [4.78, 5) is 13.0. The molecule has 0 aromatic heterocycles. The quantitative estimate of drug-likeness (QED) is 0.723. The molecule has 0 radical (unpaired) electrons. The molecule has 4 rings (SSSR count). The van der Waals surface area contributed by atoms with Crippen LogP contribution in [0, 0.1) is 11.7 Å². The van der Waals surface area contributed by atoms with Crippen LogP contribution in [-0.4, -0.2) is 31.8 Å². The van der Waals surface area contributed by atoms with Gasteiger partial charge < -0.3 is 20.3 Å². The van der Waals surface area contributed by atoms with Gasteiger partial charge in [0.1, 0.15) is 11.6 Å². The molecule has 2 aliphatic heterocycles. The maximum Gasteiger partial charge on any atom is 0.391 e. The number of halogens is 4. The zero-order valence-electron chi connectivity index (χ0n) is 15.4. The molecular formula is C20H19F4N3O2. The van der Waals surface area contributed by atoms with Crippen molar-refractivity contribution in [3.63, 3.8) is 0 Å². The zero-order valence-corrected chi connectivity index (χ0v) is 15.4. The molecule has 0 bridgehead atoms. The number of amides is 1. The van der Waals surface area contributed by atoms with E-state index in [1.54, 1.807) is 35.2 Å². The van der Waals surface area contributed by atoms with E-state index in [4.69, 9.17) is 4.74 Å². The fourth-order valence-electron chi connectivity index (χ4n) is 3.61. The van der Waals surface area contributed by atoms with Gasteiger partial charge in [0.25, 0.3) is 5.91 Å². The van der Waals surface area contributed by atoms with Crippen molar-refractivity contribution in [2.24, 2.45) is 5.92 Å². The smallest absolute Gasteiger partial charge is 0.391 e. The lowest BCUT2D eigenvalue weighted by molar-refractivity contribution is -0.179. The van der Waals surface area contributed by atoms with Gasteiger partial charge >= 0.3 is 6.18 Å². The van der Waals surface area contributed by atoms with Crippen LogP contribution in [0.5, 0.6) is 5.75 Å². The Kier molecular flexibility index (Phi) is 4.97. The molecule has 29 heavy (non-hydrogen) atoms. The second-order valence-corrected chi connectivity index (χ2v) is 7.14. The lowest BCUT2D eigenvalue weighted by Gasteiger charge is -2.34. The molecule has 2 N–H and O–H groups in total. The topological polar surface area (TPSA) is 53.6 Å². The molecule has 0 spiro atoms. The van der Waals surface area contributed by atoms with Gasteiger partial charge in [-0.1, -0.05) is 0 Å². The number of carbonyl (C=O) groups is 1. The Bertz CT molecular complexity index is 924. The van der Waals surface area contributed by atoms with Crippen LogP contribution in [0.25, 0.3) is 0 Å². The number of nitrogens with zero attached hydrogens (tertiary/aromatic N) is 1. The van der Waals surface area contributed by atoms with E-state index in [2.05, 4.69) is 10.6 Å². The van der Waals surface area contributed by atoms with Gasteiger partial charge in [0, 0.05) is 30.5 Å². The molecule has 0 unspecified atom stereocenters. The van der Waals surface area contributed by atoms with Crippen LogP contribution in [0.1, 0.15) is 12.8 Å². The van der Waals surface area contributed by atoms with Crippen molar-refractivity contribution < 1.29 is 27.1 Å². The van der Waals surface area contributed by atoms with Crippen LogP contribution in [-0.2, 0) is 4.79 Å². The summed E-state index contributed by atoms with van der Waals surface area (Å²) in [5, 5.41) is 5.75. The van der Waals surface area contributed by atoms with E-state index in [0.717, 1.165) is 0 Å². The number of carbonyl (C=O) groups excluding carboxylic acids is 1. The molecule has 5 nitrogen and oxygen atoms in total. The lowest BCUT2D eigenvalue weighted by atomic mass is 9.96. The Labute approximate surface area is 164 Å². The highest BCUT2D eigenvalue weighted by atomic mass is 19.4. The number of ether oxygens (including phenoxy) is 1. The first kappa shape index (κ1) is 19.4. The first-order valence-corrected chi connectivity index (χ1v) is 9.24. The van der Waals surface area contributed by atoms with E-state index < -0.39 is 17.9 Å².